The molecule has 1 N–H and O–H groups in total. The Balaban J connectivity index is 2.29. The van der Waals surface area contributed by atoms with Crippen LogP contribution in [0.25, 0.3) is 10.9 Å². The van der Waals surface area contributed by atoms with Crippen molar-refractivity contribution in [1.29, 1.82) is 0 Å². The van der Waals surface area contributed by atoms with Crippen LogP contribution in [-0.2, 0) is 11.2 Å². The Labute approximate surface area is 80.1 Å². The van der Waals surface area contributed by atoms with E-state index >= 15 is 0 Å². The number of carboxylic acid groups (broad SMARTS) is 1. The predicted molar refractivity (Wildman–Crippen MR) is 50.0 cm³/mol. The van der Waals surface area contributed by atoms with Gasteiger partial charge in [-0.2, -0.15) is 0 Å². The van der Waals surface area contributed by atoms with Gasteiger partial charge in [0, 0.05) is 11.8 Å². The van der Waals surface area contributed by atoms with Crippen LogP contribution in [0.5, 0.6) is 0 Å². The van der Waals surface area contributed by atoms with E-state index < -0.39 is 5.97 Å². The fourth-order valence-corrected chi connectivity index (χ4v) is 1.34. The van der Waals surface area contributed by atoms with Gasteiger partial charge in [0.1, 0.15) is 11.3 Å². The van der Waals surface area contributed by atoms with Gasteiger partial charge in [-0.1, -0.05) is 17.3 Å². The largest absolute Gasteiger partial charge is 0.481 e. The Morgan fingerprint density at radius 1 is 1.43 bits per heavy atom. The molecule has 0 unspecified atom stereocenters. The molecule has 0 saturated heterocycles. The molecule has 0 atom stereocenters. The minimum Gasteiger partial charge on any atom is -0.481 e. The van der Waals surface area contributed by atoms with Crippen LogP contribution in [0, 0.1) is 0 Å². The van der Waals surface area contributed by atoms with Gasteiger partial charge in [-0.15, -0.1) is 0 Å². The maximum Gasteiger partial charge on any atom is 0.303 e. The highest BCUT2D eigenvalue weighted by Crippen LogP contribution is 2.18. The van der Waals surface area contributed by atoms with Gasteiger partial charge in [-0.3, -0.25) is 4.79 Å². The van der Waals surface area contributed by atoms with E-state index in [2.05, 4.69) is 5.16 Å². The van der Waals surface area contributed by atoms with Crippen molar-refractivity contribution < 1.29 is 14.4 Å². The number of benzene rings is 1. The summed E-state index contributed by atoms with van der Waals surface area (Å²) < 4.78 is 5.05. The van der Waals surface area contributed by atoms with Crippen LogP contribution in [-0.4, -0.2) is 16.2 Å². The summed E-state index contributed by atoms with van der Waals surface area (Å²) in [5.41, 5.74) is 0.771. The summed E-state index contributed by atoms with van der Waals surface area (Å²) in [7, 11) is 0. The number of nitrogens with zero attached hydrogens (tertiary/aromatic N) is 1. The number of aromatic nitrogens is 1. The summed E-state index contributed by atoms with van der Waals surface area (Å²) >= 11 is 0. The van der Waals surface area contributed by atoms with Crippen molar-refractivity contribution in [3.05, 3.63) is 30.0 Å². The molecule has 0 bridgehead atoms. The summed E-state index contributed by atoms with van der Waals surface area (Å²) in [5.74, 6) is -0.187. The first-order valence-electron chi connectivity index (χ1n) is 4.32. The number of carboxylic acids is 1. The zero-order valence-corrected chi connectivity index (χ0v) is 7.43. The zero-order valence-electron chi connectivity index (χ0n) is 7.43. The van der Waals surface area contributed by atoms with Crippen molar-refractivity contribution >= 4 is 16.9 Å². The second-order valence-electron chi connectivity index (χ2n) is 3.02. The highest BCUT2D eigenvalue weighted by Gasteiger charge is 2.08. The van der Waals surface area contributed by atoms with Crippen LogP contribution in [0.3, 0.4) is 0 Å². The SMILES string of the molecule is O=C(O)CCc1onc2ccccc12. The molecule has 0 saturated carbocycles. The van der Waals surface area contributed by atoms with Crippen molar-refractivity contribution in [3.63, 3.8) is 0 Å². The lowest BCUT2D eigenvalue weighted by atomic mass is 10.1. The normalized spacial score (nSPS) is 10.6. The minimum absolute atomic E-state index is 0.0686. The Hall–Kier alpha value is -1.84. The monoisotopic (exact) mass is 191 g/mol. The maximum absolute atomic E-state index is 10.4. The molecule has 0 amide bonds. The topological polar surface area (TPSA) is 63.3 Å². The third-order valence-electron chi connectivity index (χ3n) is 2.02. The Bertz CT molecular complexity index is 461. The van der Waals surface area contributed by atoms with Crippen LogP contribution >= 0.6 is 0 Å². The van der Waals surface area contributed by atoms with E-state index in [1.54, 1.807) is 0 Å². The lowest BCUT2D eigenvalue weighted by Gasteiger charge is -1.91. The van der Waals surface area contributed by atoms with E-state index in [0.717, 1.165) is 10.9 Å². The molecule has 2 aromatic rings. The number of rotatable bonds is 3. The summed E-state index contributed by atoms with van der Waals surface area (Å²) in [6.45, 7) is 0. The molecule has 14 heavy (non-hydrogen) atoms. The van der Waals surface area contributed by atoms with Crippen LogP contribution in [0.1, 0.15) is 12.2 Å². The lowest BCUT2D eigenvalue weighted by Crippen LogP contribution is -1.96. The second-order valence-corrected chi connectivity index (χ2v) is 3.02. The molecule has 0 radical (unpaired) electrons. The fraction of sp³-hybridized carbons (Fsp3) is 0.200. The van der Waals surface area contributed by atoms with Gasteiger partial charge in [0.05, 0.1) is 6.42 Å². The molecule has 0 spiro atoms. The summed E-state index contributed by atoms with van der Waals surface area (Å²) in [6, 6.07) is 7.46. The molecule has 2 rings (SSSR count). The average molecular weight is 191 g/mol. The van der Waals surface area contributed by atoms with Crippen LogP contribution < -0.4 is 0 Å². The van der Waals surface area contributed by atoms with Crippen LogP contribution in [0.4, 0.5) is 0 Å². The molecule has 1 heterocycles. The van der Waals surface area contributed by atoms with Crippen molar-refractivity contribution in [2.24, 2.45) is 0 Å². The molecule has 0 aliphatic heterocycles. The third-order valence-corrected chi connectivity index (χ3v) is 2.02. The van der Waals surface area contributed by atoms with Crippen LogP contribution in [0.15, 0.2) is 28.8 Å². The molecular weight excluding hydrogens is 182 g/mol. The molecule has 0 aliphatic carbocycles. The van der Waals surface area contributed by atoms with Crippen molar-refractivity contribution in [3.8, 4) is 0 Å². The molecule has 72 valence electrons. The van der Waals surface area contributed by atoms with Gasteiger partial charge in [0.25, 0.3) is 0 Å². The Morgan fingerprint density at radius 3 is 3.00 bits per heavy atom. The van der Waals surface area contributed by atoms with Gasteiger partial charge >= 0.3 is 5.97 Å². The van der Waals surface area contributed by atoms with Gasteiger partial charge in [-0.05, 0) is 12.1 Å². The fourth-order valence-electron chi connectivity index (χ4n) is 1.34. The van der Waals surface area contributed by atoms with E-state index in [1.165, 1.54) is 0 Å². The van der Waals surface area contributed by atoms with E-state index in [1.807, 2.05) is 24.3 Å². The highest BCUT2D eigenvalue weighted by atomic mass is 16.5. The van der Waals surface area contributed by atoms with Gasteiger partial charge in [0.15, 0.2) is 0 Å². The molecule has 4 heteroatoms. The number of aryl methyl sites for hydroxylation is 1. The maximum atomic E-state index is 10.4. The second kappa shape index (κ2) is 3.49. The molecule has 4 nitrogen and oxygen atoms in total. The number of carbonyl (C=O) groups is 1. The number of aliphatic carboxylic acids is 1. The molecule has 0 fully saturated rings. The van der Waals surface area contributed by atoms with Crippen molar-refractivity contribution in [1.82, 2.24) is 5.16 Å². The standard InChI is InChI=1S/C10H9NO3/c12-10(13)6-5-9-7-3-1-2-4-8(7)11-14-9/h1-4H,5-6H2,(H,12,13). The third kappa shape index (κ3) is 1.59. The Morgan fingerprint density at radius 2 is 2.21 bits per heavy atom. The quantitative estimate of drug-likeness (QED) is 0.804. The van der Waals surface area contributed by atoms with Crippen LogP contribution in [0.2, 0.25) is 0 Å². The van der Waals surface area contributed by atoms with Gasteiger partial charge < -0.3 is 9.63 Å². The smallest absolute Gasteiger partial charge is 0.303 e. The zero-order chi connectivity index (χ0) is 9.97. The first-order chi connectivity index (χ1) is 6.77. The van der Waals surface area contributed by atoms with E-state index in [-0.39, 0.29) is 6.42 Å². The molecular formula is C10H9NO3. The van der Waals surface area contributed by atoms with Crippen molar-refractivity contribution in [2.75, 3.05) is 0 Å². The van der Waals surface area contributed by atoms with E-state index in [0.29, 0.717) is 12.2 Å². The van der Waals surface area contributed by atoms with E-state index in [4.69, 9.17) is 9.63 Å². The predicted octanol–water partition coefficient (Wildman–Crippen LogP) is 1.84. The average Bonchev–Trinajstić information content (AvgIpc) is 2.58. The number of fused-ring (bicyclic) bond motifs is 1. The van der Waals surface area contributed by atoms with E-state index in [9.17, 15) is 4.79 Å². The minimum atomic E-state index is -0.828. The summed E-state index contributed by atoms with van der Waals surface area (Å²) in [5, 5.41) is 13.2. The molecule has 1 aromatic carbocycles. The molecule has 0 aliphatic rings. The molecule has 1 aromatic heterocycles. The van der Waals surface area contributed by atoms with Gasteiger partial charge in [0.2, 0.25) is 0 Å². The van der Waals surface area contributed by atoms with Gasteiger partial charge in [-0.25, -0.2) is 0 Å². The number of hydrogen-bond donors (Lipinski definition) is 1. The summed E-state index contributed by atoms with van der Waals surface area (Å²) in [6.07, 6.45) is 0.453. The first kappa shape index (κ1) is 8.74. The summed E-state index contributed by atoms with van der Waals surface area (Å²) in [4.78, 5) is 10.4. The first-order valence-corrected chi connectivity index (χ1v) is 4.32. The lowest BCUT2D eigenvalue weighted by molar-refractivity contribution is -0.137. The highest BCUT2D eigenvalue weighted by molar-refractivity contribution is 5.80. The van der Waals surface area contributed by atoms with Crippen molar-refractivity contribution in [2.45, 2.75) is 12.8 Å². The number of hydrogen-bond acceptors (Lipinski definition) is 3. The Kier molecular flexibility index (Phi) is 2.18.